The van der Waals surface area contributed by atoms with E-state index in [0.717, 1.165) is 11.4 Å². The number of urea groups is 1. The van der Waals surface area contributed by atoms with Crippen LogP contribution in [0.2, 0.25) is 0 Å². The van der Waals surface area contributed by atoms with Crippen molar-refractivity contribution in [2.24, 2.45) is 0 Å². The summed E-state index contributed by atoms with van der Waals surface area (Å²) in [4.78, 5) is 18.4. The number of amides is 2. The maximum absolute atomic E-state index is 12.6. The highest BCUT2D eigenvalue weighted by atomic mass is 16.5. The lowest BCUT2D eigenvalue weighted by atomic mass is 10.3. The van der Waals surface area contributed by atoms with Crippen LogP contribution in [0, 0.1) is 0 Å². The molecule has 23 heavy (non-hydrogen) atoms. The Morgan fingerprint density at radius 2 is 2.00 bits per heavy atom. The van der Waals surface area contributed by atoms with Crippen molar-refractivity contribution in [2.45, 2.75) is 6.92 Å². The third kappa shape index (κ3) is 2.94. The van der Waals surface area contributed by atoms with Gasteiger partial charge in [-0.2, -0.15) is 9.61 Å². The molecule has 3 rings (SSSR count). The molecule has 118 valence electrons. The number of methoxy groups -OCH3 is 1. The van der Waals surface area contributed by atoms with Crippen LogP contribution in [0.15, 0.2) is 48.8 Å². The average Bonchev–Trinajstić information content (AvgIpc) is 3.06. The van der Waals surface area contributed by atoms with E-state index >= 15 is 0 Å². The smallest absolute Gasteiger partial charge is 0.327 e. The summed E-state index contributed by atoms with van der Waals surface area (Å²) in [6.45, 7) is 2.45. The first-order valence-corrected chi connectivity index (χ1v) is 7.24. The van der Waals surface area contributed by atoms with E-state index in [2.05, 4.69) is 15.4 Å². The Labute approximate surface area is 133 Å². The molecule has 2 aromatic heterocycles. The zero-order valence-electron chi connectivity index (χ0n) is 12.9. The van der Waals surface area contributed by atoms with Gasteiger partial charge in [-0.05, 0) is 37.3 Å². The number of carbonyl (C=O) groups is 1. The second-order valence-electron chi connectivity index (χ2n) is 4.80. The van der Waals surface area contributed by atoms with Gasteiger partial charge in [0, 0.05) is 24.5 Å². The van der Waals surface area contributed by atoms with Crippen molar-refractivity contribution in [1.82, 2.24) is 14.6 Å². The molecular formula is C16H17N5O2. The summed E-state index contributed by atoms with van der Waals surface area (Å²) in [5.74, 6) is 1.31. The maximum atomic E-state index is 12.6. The lowest BCUT2D eigenvalue weighted by molar-refractivity contribution is 0.257. The molecule has 3 aromatic rings. The summed E-state index contributed by atoms with van der Waals surface area (Å²) in [6, 6.07) is 10.6. The van der Waals surface area contributed by atoms with Gasteiger partial charge in [0.2, 0.25) is 0 Å². The van der Waals surface area contributed by atoms with Gasteiger partial charge in [-0.3, -0.25) is 10.2 Å². The van der Waals surface area contributed by atoms with E-state index in [-0.39, 0.29) is 6.03 Å². The summed E-state index contributed by atoms with van der Waals surface area (Å²) in [7, 11) is 1.61. The number of nitrogens with one attached hydrogen (secondary N) is 1. The van der Waals surface area contributed by atoms with E-state index in [1.165, 1.54) is 0 Å². The molecule has 0 radical (unpaired) electrons. The van der Waals surface area contributed by atoms with Crippen molar-refractivity contribution < 1.29 is 9.53 Å². The molecule has 2 amide bonds. The summed E-state index contributed by atoms with van der Waals surface area (Å²) < 4.78 is 6.72. The van der Waals surface area contributed by atoms with E-state index in [1.54, 1.807) is 41.1 Å². The van der Waals surface area contributed by atoms with Crippen LogP contribution >= 0.6 is 0 Å². The highest BCUT2D eigenvalue weighted by Crippen LogP contribution is 2.20. The summed E-state index contributed by atoms with van der Waals surface area (Å²) in [5, 5.41) is 7.02. The van der Waals surface area contributed by atoms with E-state index in [4.69, 9.17) is 4.74 Å². The molecule has 2 heterocycles. The number of hydrogen-bond acceptors (Lipinski definition) is 4. The largest absolute Gasteiger partial charge is 0.497 e. The van der Waals surface area contributed by atoms with Gasteiger partial charge >= 0.3 is 6.03 Å². The number of aromatic nitrogens is 3. The lowest BCUT2D eigenvalue weighted by Gasteiger charge is -2.21. The molecule has 0 aliphatic rings. The van der Waals surface area contributed by atoms with Crippen LogP contribution in [-0.4, -0.2) is 34.3 Å². The monoisotopic (exact) mass is 311 g/mol. The van der Waals surface area contributed by atoms with E-state index in [9.17, 15) is 4.79 Å². The highest BCUT2D eigenvalue weighted by molar-refractivity contribution is 6.01. The third-order valence-electron chi connectivity index (χ3n) is 3.47. The van der Waals surface area contributed by atoms with Crippen LogP contribution < -0.4 is 15.0 Å². The van der Waals surface area contributed by atoms with Crippen LogP contribution in [-0.2, 0) is 0 Å². The van der Waals surface area contributed by atoms with Gasteiger partial charge in [0.25, 0.3) is 0 Å². The van der Waals surface area contributed by atoms with Gasteiger partial charge < -0.3 is 4.74 Å². The number of rotatable bonds is 4. The first-order chi connectivity index (χ1) is 11.2. The van der Waals surface area contributed by atoms with Crippen molar-refractivity contribution in [2.75, 3.05) is 23.9 Å². The van der Waals surface area contributed by atoms with E-state index < -0.39 is 0 Å². The predicted octanol–water partition coefficient (Wildman–Crippen LogP) is 2.80. The van der Waals surface area contributed by atoms with Crippen molar-refractivity contribution in [1.29, 1.82) is 0 Å². The van der Waals surface area contributed by atoms with Crippen LogP contribution in [0.3, 0.4) is 0 Å². The Kier molecular flexibility index (Phi) is 4.09. The molecular weight excluding hydrogens is 294 g/mol. The fraction of sp³-hybridized carbons (Fsp3) is 0.188. The molecule has 1 aromatic carbocycles. The van der Waals surface area contributed by atoms with Gasteiger partial charge in [-0.25, -0.2) is 9.78 Å². The Hall–Kier alpha value is -3.09. The van der Waals surface area contributed by atoms with Gasteiger partial charge in [0.15, 0.2) is 5.65 Å². The second-order valence-corrected chi connectivity index (χ2v) is 4.80. The topological polar surface area (TPSA) is 71.8 Å². The number of benzene rings is 1. The first-order valence-electron chi connectivity index (χ1n) is 7.24. The van der Waals surface area contributed by atoms with Crippen LogP contribution in [0.1, 0.15) is 6.92 Å². The number of carbonyl (C=O) groups excluding carboxylic acids is 1. The van der Waals surface area contributed by atoms with Crippen LogP contribution in [0.25, 0.3) is 5.65 Å². The van der Waals surface area contributed by atoms with E-state index in [0.29, 0.717) is 18.0 Å². The van der Waals surface area contributed by atoms with Crippen LogP contribution in [0.5, 0.6) is 5.75 Å². The SMILES string of the molecule is CCN(C(=O)Nc1ccnc2ccnn12)c1ccc(OC)cc1. The van der Waals surface area contributed by atoms with Gasteiger partial charge in [-0.1, -0.05) is 0 Å². The van der Waals surface area contributed by atoms with Gasteiger partial charge in [0.1, 0.15) is 11.6 Å². The van der Waals surface area contributed by atoms with Crippen LogP contribution in [0.4, 0.5) is 16.3 Å². The third-order valence-corrected chi connectivity index (χ3v) is 3.47. The Morgan fingerprint density at radius 3 is 2.70 bits per heavy atom. The Bertz CT molecular complexity index is 813. The van der Waals surface area contributed by atoms with Gasteiger partial charge in [0.05, 0.1) is 13.3 Å². The minimum absolute atomic E-state index is 0.235. The van der Waals surface area contributed by atoms with Crippen molar-refractivity contribution >= 4 is 23.2 Å². The number of anilines is 2. The molecule has 0 unspecified atom stereocenters. The van der Waals surface area contributed by atoms with Crippen molar-refractivity contribution in [3.63, 3.8) is 0 Å². The van der Waals surface area contributed by atoms with Gasteiger partial charge in [-0.15, -0.1) is 0 Å². The average molecular weight is 311 g/mol. The fourth-order valence-electron chi connectivity index (χ4n) is 2.31. The number of nitrogens with zero attached hydrogens (tertiary/aromatic N) is 4. The normalized spacial score (nSPS) is 10.5. The highest BCUT2D eigenvalue weighted by Gasteiger charge is 2.15. The molecule has 0 saturated heterocycles. The summed E-state index contributed by atoms with van der Waals surface area (Å²) in [5.41, 5.74) is 1.46. The van der Waals surface area contributed by atoms with Crippen molar-refractivity contribution in [3.8, 4) is 5.75 Å². The fourth-order valence-corrected chi connectivity index (χ4v) is 2.31. The molecule has 7 nitrogen and oxygen atoms in total. The second kappa shape index (κ2) is 6.35. The molecule has 0 saturated carbocycles. The quantitative estimate of drug-likeness (QED) is 0.804. The lowest BCUT2D eigenvalue weighted by Crippen LogP contribution is -2.35. The molecule has 1 N–H and O–H groups in total. The molecule has 0 spiro atoms. The molecule has 0 bridgehead atoms. The minimum Gasteiger partial charge on any atom is -0.497 e. The first kappa shape index (κ1) is 14.8. The molecule has 0 aliphatic heterocycles. The standard InChI is InChI=1S/C16H17N5O2/c1-3-20(12-4-6-13(23-2)7-5-12)16(22)19-15-8-10-17-14-9-11-18-21(14)15/h4-11H,3H2,1-2H3,(H,19,22). The summed E-state index contributed by atoms with van der Waals surface area (Å²) >= 11 is 0. The Balaban J connectivity index is 1.83. The number of fused-ring (bicyclic) bond motifs is 1. The molecule has 0 fully saturated rings. The summed E-state index contributed by atoms with van der Waals surface area (Å²) in [6.07, 6.45) is 3.27. The predicted molar refractivity (Wildman–Crippen MR) is 88.0 cm³/mol. The zero-order chi connectivity index (χ0) is 16.2. The molecule has 7 heteroatoms. The zero-order valence-corrected chi connectivity index (χ0v) is 12.9. The number of ether oxygens (including phenoxy) is 1. The number of hydrogen-bond donors (Lipinski definition) is 1. The molecule has 0 aliphatic carbocycles. The maximum Gasteiger partial charge on any atom is 0.327 e. The molecule has 0 atom stereocenters. The Morgan fingerprint density at radius 1 is 1.22 bits per heavy atom. The van der Waals surface area contributed by atoms with Crippen molar-refractivity contribution in [3.05, 3.63) is 48.8 Å². The minimum atomic E-state index is -0.235. The van der Waals surface area contributed by atoms with E-state index in [1.807, 2.05) is 31.2 Å².